The van der Waals surface area contributed by atoms with Crippen molar-refractivity contribution in [3.8, 4) is 5.75 Å². The fourth-order valence-corrected chi connectivity index (χ4v) is 4.85. The maximum atomic E-state index is 13.2. The Labute approximate surface area is 226 Å². The van der Waals surface area contributed by atoms with Crippen LogP contribution in [0, 0.1) is 0 Å². The molecule has 1 aromatic heterocycles. The van der Waals surface area contributed by atoms with Gasteiger partial charge in [-0.2, -0.15) is 0 Å². The Hall–Kier alpha value is -4.53. The van der Waals surface area contributed by atoms with E-state index in [2.05, 4.69) is 21.2 Å². The second-order valence-electron chi connectivity index (χ2n) is 9.48. The summed E-state index contributed by atoms with van der Waals surface area (Å²) in [4.78, 5) is 29.9. The number of allylic oxidation sites excluding steroid dienone is 1. The van der Waals surface area contributed by atoms with Crippen molar-refractivity contribution in [1.29, 1.82) is 0 Å². The van der Waals surface area contributed by atoms with E-state index in [-0.39, 0.29) is 17.6 Å². The minimum atomic E-state index is -0.868. The van der Waals surface area contributed by atoms with Gasteiger partial charge >= 0.3 is 0 Å². The zero-order valence-electron chi connectivity index (χ0n) is 21.8. The van der Waals surface area contributed by atoms with E-state index in [0.29, 0.717) is 41.2 Å². The SMILES string of the molecule is COc1ccc2c(C(O)c3ccc(NC(=O)C4=C(CC(C(C)=O)c5ccccc5)NNC4)cc3)ccnc2c1. The Bertz CT molecular complexity index is 1530. The van der Waals surface area contributed by atoms with Crippen molar-refractivity contribution in [3.63, 3.8) is 0 Å². The number of aliphatic hydroxyl groups is 1. The molecule has 0 aliphatic carbocycles. The number of hydrazine groups is 1. The molecule has 2 atom stereocenters. The summed E-state index contributed by atoms with van der Waals surface area (Å²) in [6.45, 7) is 1.92. The number of methoxy groups -OCH3 is 1. The number of rotatable bonds is 9. The van der Waals surface area contributed by atoms with Crippen LogP contribution in [0.25, 0.3) is 10.9 Å². The van der Waals surface area contributed by atoms with Gasteiger partial charge in [0.2, 0.25) is 0 Å². The van der Waals surface area contributed by atoms with Crippen LogP contribution in [0.15, 0.2) is 96.3 Å². The molecule has 5 rings (SSSR count). The molecule has 1 aliphatic heterocycles. The van der Waals surface area contributed by atoms with Crippen molar-refractivity contribution in [2.24, 2.45) is 0 Å². The number of fused-ring (bicyclic) bond motifs is 1. The minimum Gasteiger partial charge on any atom is -0.497 e. The number of anilines is 1. The van der Waals surface area contributed by atoms with Crippen molar-refractivity contribution in [3.05, 3.63) is 113 Å². The standard InChI is InChI=1S/C31H30N4O4/c1-19(36)26(20-6-4-3-5-7-20)17-29-27(18-33-35-29)31(38)34-22-10-8-21(9-11-22)30(37)25-14-15-32-28-16-23(39-2)12-13-24(25)28/h3-16,26,30,33,35,37H,17-18H2,1-2H3,(H,34,38). The highest BCUT2D eigenvalue weighted by atomic mass is 16.5. The predicted molar refractivity (Wildman–Crippen MR) is 150 cm³/mol. The molecule has 0 bridgehead atoms. The van der Waals surface area contributed by atoms with Crippen molar-refractivity contribution in [2.45, 2.75) is 25.4 Å². The molecule has 4 aromatic rings. The van der Waals surface area contributed by atoms with Crippen LogP contribution in [0.2, 0.25) is 0 Å². The molecule has 3 aromatic carbocycles. The average Bonchev–Trinajstić information content (AvgIpc) is 3.44. The molecular weight excluding hydrogens is 492 g/mol. The van der Waals surface area contributed by atoms with Gasteiger partial charge in [0.1, 0.15) is 17.6 Å². The van der Waals surface area contributed by atoms with Crippen LogP contribution in [-0.4, -0.2) is 35.4 Å². The van der Waals surface area contributed by atoms with E-state index in [9.17, 15) is 14.7 Å². The highest BCUT2D eigenvalue weighted by molar-refractivity contribution is 6.05. The van der Waals surface area contributed by atoms with Gasteiger partial charge in [-0.05, 0) is 53.9 Å². The van der Waals surface area contributed by atoms with Gasteiger partial charge in [-0.1, -0.05) is 42.5 Å². The summed E-state index contributed by atoms with van der Waals surface area (Å²) in [6.07, 6.45) is 1.19. The Morgan fingerprint density at radius 1 is 1.03 bits per heavy atom. The number of aliphatic hydroxyl groups excluding tert-OH is 1. The first kappa shape index (κ1) is 26.1. The van der Waals surface area contributed by atoms with E-state index in [0.717, 1.165) is 22.0 Å². The van der Waals surface area contributed by atoms with Crippen molar-refractivity contribution >= 4 is 28.3 Å². The number of amides is 1. The minimum absolute atomic E-state index is 0.0393. The quantitative estimate of drug-likeness (QED) is 0.258. The Morgan fingerprint density at radius 3 is 2.51 bits per heavy atom. The van der Waals surface area contributed by atoms with E-state index < -0.39 is 6.10 Å². The van der Waals surface area contributed by atoms with Crippen LogP contribution in [0.5, 0.6) is 5.75 Å². The number of Topliss-reactive ketones (excluding diaryl/α,β-unsaturated/α-hetero) is 1. The molecule has 4 N–H and O–H groups in total. The molecule has 8 nitrogen and oxygen atoms in total. The van der Waals surface area contributed by atoms with Crippen LogP contribution in [0.4, 0.5) is 5.69 Å². The fraction of sp³-hybridized carbons (Fsp3) is 0.194. The average molecular weight is 523 g/mol. The first-order valence-corrected chi connectivity index (χ1v) is 12.7. The van der Waals surface area contributed by atoms with Crippen molar-refractivity contribution < 1.29 is 19.4 Å². The summed E-state index contributed by atoms with van der Waals surface area (Å²) < 4.78 is 5.28. The lowest BCUT2D eigenvalue weighted by molar-refractivity contribution is -0.118. The van der Waals surface area contributed by atoms with E-state index >= 15 is 0 Å². The smallest absolute Gasteiger partial charge is 0.254 e. The van der Waals surface area contributed by atoms with Crippen LogP contribution in [0.3, 0.4) is 0 Å². The molecule has 0 radical (unpaired) electrons. The lowest BCUT2D eigenvalue weighted by Gasteiger charge is -2.17. The van der Waals surface area contributed by atoms with Crippen molar-refractivity contribution in [2.75, 3.05) is 19.0 Å². The summed E-state index contributed by atoms with van der Waals surface area (Å²) in [5.41, 5.74) is 11.0. The Balaban J connectivity index is 1.31. The van der Waals surface area contributed by atoms with Gasteiger partial charge in [0.25, 0.3) is 5.91 Å². The van der Waals surface area contributed by atoms with Gasteiger partial charge in [0, 0.05) is 47.9 Å². The van der Waals surface area contributed by atoms with Gasteiger partial charge in [-0.25, -0.2) is 5.43 Å². The third-order valence-corrected chi connectivity index (χ3v) is 7.01. The predicted octanol–water partition coefficient (Wildman–Crippen LogP) is 4.39. The Morgan fingerprint density at radius 2 is 1.79 bits per heavy atom. The summed E-state index contributed by atoms with van der Waals surface area (Å²) in [7, 11) is 1.60. The largest absolute Gasteiger partial charge is 0.497 e. The Kier molecular flexibility index (Phi) is 7.67. The van der Waals surface area contributed by atoms with Crippen LogP contribution in [-0.2, 0) is 9.59 Å². The topological polar surface area (TPSA) is 113 Å². The summed E-state index contributed by atoms with van der Waals surface area (Å²) >= 11 is 0. The van der Waals surface area contributed by atoms with Gasteiger partial charge in [0.05, 0.1) is 18.2 Å². The molecule has 39 heavy (non-hydrogen) atoms. The molecular formula is C31H30N4O4. The number of carbonyl (C=O) groups is 2. The first-order valence-electron chi connectivity index (χ1n) is 12.7. The summed E-state index contributed by atoms with van der Waals surface area (Å²) in [5.74, 6) is 0.143. The molecule has 8 heteroatoms. The lowest BCUT2D eigenvalue weighted by Crippen LogP contribution is -2.25. The van der Waals surface area contributed by atoms with Crippen LogP contribution >= 0.6 is 0 Å². The number of nitrogens with zero attached hydrogens (tertiary/aromatic N) is 1. The van der Waals surface area contributed by atoms with Crippen LogP contribution in [0.1, 0.15) is 42.1 Å². The van der Waals surface area contributed by atoms with E-state index in [1.54, 1.807) is 50.6 Å². The number of ketones is 1. The second kappa shape index (κ2) is 11.5. The monoisotopic (exact) mass is 522 g/mol. The van der Waals surface area contributed by atoms with E-state index in [1.165, 1.54) is 0 Å². The van der Waals surface area contributed by atoms with E-state index in [4.69, 9.17) is 4.74 Å². The zero-order chi connectivity index (χ0) is 27.4. The maximum Gasteiger partial charge on any atom is 0.254 e. The first-order chi connectivity index (χ1) is 18.9. The lowest BCUT2D eigenvalue weighted by atomic mass is 9.90. The number of aromatic nitrogens is 1. The van der Waals surface area contributed by atoms with Gasteiger partial charge in [0.15, 0.2) is 0 Å². The number of hydrogen-bond donors (Lipinski definition) is 4. The summed E-state index contributed by atoms with van der Waals surface area (Å²) in [6, 6.07) is 24.0. The number of ether oxygens (including phenoxy) is 1. The third-order valence-electron chi connectivity index (χ3n) is 7.01. The number of nitrogens with one attached hydrogen (secondary N) is 3. The molecule has 2 heterocycles. The molecule has 0 spiro atoms. The zero-order valence-corrected chi connectivity index (χ0v) is 21.8. The summed E-state index contributed by atoms with van der Waals surface area (Å²) in [5, 5.41) is 14.9. The maximum absolute atomic E-state index is 13.2. The van der Waals surface area contributed by atoms with E-state index in [1.807, 2.05) is 48.5 Å². The molecule has 0 fully saturated rings. The van der Waals surface area contributed by atoms with Crippen molar-refractivity contribution in [1.82, 2.24) is 15.8 Å². The highest BCUT2D eigenvalue weighted by Gasteiger charge is 2.26. The molecule has 0 saturated heterocycles. The fourth-order valence-electron chi connectivity index (χ4n) is 4.85. The third kappa shape index (κ3) is 5.67. The van der Waals surface area contributed by atoms with Gasteiger partial charge in [-0.15, -0.1) is 0 Å². The molecule has 2 unspecified atom stereocenters. The normalized spacial score (nSPS) is 14.5. The van der Waals surface area contributed by atoms with Gasteiger partial charge < -0.3 is 20.6 Å². The van der Waals surface area contributed by atoms with Crippen LogP contribution < -0.4 is 20.9 Å². The highest BCUT2D eigenvalue weighted by Crippen LogP contribution is 2.31. The molecule has 1 amide bonds. The second-order valence-corrected chi connectivity index (χ2v) is 9.48. The number of hydrogen-bond acceptors (Lipinski definition) is 7. The molecule has 0 saturated carbocycles. The van der Waals surface area contributed by atoms with Gasteiger partial charge in [-0.3, -0.25) is 14.6 Å². The number of pyridine rings is 1. The number of carbonyl (C=O) groups excluding carboxylic acids is 2. The molecule has 1 aliphatic rings. The molecule has 198 valence electrons. The number of benzene rings is 3.